The van der Waals surface area contributed by atoms with Crippen LogP contribution >= 0.6 is 0 Å². The molecular weight excluding hydrogens is 603 g/mol. The number of ether oxygens (including phenoxy) is 3. The first-order chi connectivity index (χ1) is 21.3. The predicted molar refractivity (Wildman–Crippen MR) is 155 cm³/mol. The number of amides is 1. The fourth-order valence-electron chi connectivity index (χ4n) is 4.30. The summed E-state index contributed by atoms with van der Waals surface area (Å²) in [4.78, 5) is 22.8. The summed E-state index contributed by atoms with van der Waals surface area (Å²) in [7, 11) is 0. The Labute approximate surface area is 255 Å². The first-order valence-corrected chi connectivity index (χ1v) is 14.1. The number of hydrogen-bond acceptors (Lipinski definition) is 8. The molecule has 0 saturated carbocycles. The maximum Gasteiger partial charge on any atom is 0.573 e. The summed E-state index contributed by atoms with van der Waals surface area (Å²) in [6.45, 7) is 6.02. The van der Waals surface area contributed by atoms with Gasteiger partial charge in [-0.1, -0.05) is 0 Å². The molecule has 15 heteroatoms. The van der Waals surface area contributed by atoms with E-state index in [1.165, 1.54) is 4.90 Å². The molecule has 242 valence electrons. The molecule has 0 spiro atoms. The smallest absolute Gasteiger partial charge is 0.444 e. The van der Waals surface area contributed by atoms with Crippen LogP contribution in [0.1, 0.15) is 39.2 Å². The molecule has 3 aromatic heterocycles. The molecule has 0 unspecified atom stereocenters. The lowest BCUT2D eigenvalue weighted by molar-refractivity contribution is -0.276. The normalized spacial score (nSPS) is 11.9. The lowest BCUT2D eigenvalue weighted by Gasteiger charge is -2.27. The minimum Gasteiger partial charge on any atom is -0.444 e. The van der Waals surface area contributed by atoms with E-state index in [1.807, 2.05) is 18.2 Å². The fourth-order valence-corrected chi connectivity index (χ4v) is 4.30. The van der Waals surface area contributed by atoms with E-state index in [0.717, 1.165) is 22.2 Å². The van der Waals surface area contributed by atoms with Gasteiger partial charge in [-0.15, -0.1) is 13.2 Å². The third-order valence-corrected chi connectivity index (χ3v) is 6.22. The molecule has 0 saturated heterocycles. The van der Waals surface area contributed by atoms with E-state index < -0.39 is 35.4 Å². The second-order valence-corrected chi connectivity index (χ2v) is 11.0. The van der Waals surface area contributed by atoms with Gasteiger partial charge in [-0.2, -0.15) is 5.10 Å². The van der Waals surface area contributed by atoms with Gasteiger partial charge in [0.05, 0.1) is 29.4 Å². The van der Waals surface area contributed by atoms with Gasteiger partial charge in [0.15, 0.2) is 11.6 Å². The van der Waals surface area contributed by atoms with Crippen LogP contribution < -0.4 is 10.1 Å². The average molecular weight is 637 g/mol. The second-order valence-electron chi connectivity index (χ2n) is 11.0. The number of anilines is 1. The minimum absolute atomic E-state index is 0.0685. The van der Waals surface area contributed by atoms with E-state index in [4.69, 9.17) is 14.5 Å². The van der Waals surface area contributed by atoms with Crippen molar-refractivity contribution in [3.8, 4) is 17.0 Å². The molecule has 0 aliphatic rings. The molecule has 4 rings (SSSR count). The number of halogens is 5. The monoisotopic (exact) mass is 636 g/mol. The van der Waals surface area contributed by atoms with E-state index in [-0.39, 0.29) is 18.7 Å². The third-order valence-electron chi connectivity index (χ3n) is 6.22. The zero-order valence-electron chi connectivity index (χ0n) is 24.9. The van der Waals surface area contributed by atoms with E-state index >= 15 is 0 Å². The average Bonchev–Trinajstić information content (AvgIpc) is 3.44. The van der Waals surface area contributed by atoms with E-state index in [1.54, 1.807) is 39.4 Å². The van der Waals surface area contributed by atoms with E-state index in [9.17, 15) is 26.7 Å². The summed E-state index contributed by atoms with van der Waals surface area (Å²) in [6, 6.07) is 7.01. The zero-order valence-corrected chi connectivity index (χ0v) is 24.9. The van der Waals surface area contributed by atoms with Crippen LogP contribution in [0, 0.1) is 11.6 Å². The first kappa shape index (κ1) is 33.4. The van der Waals surface area contributed by atoms with Gasteiger partial charge in [-0.05, 0) is 69.5 Å². The van der Waals surface area contributed by atoms with Gasteiger partial charge >= 0.3 is 12.5 Å². The number of carbonyl (C=O) groups is 1. The van der Waals surface area contributed by atoms with Gasteiger partial charge in [-0.3, -0.25) is 10.1 Å². The molecule has 1 aromatic carbocycles. The number of H-pyrrole nitrogens is 1. The maximum absolute atomic E-state index is 14.3. The predicted octanol–water partition coefficient (Wildman–Crippen LogP) is 6.84. The lowest BCUT2D eigenvalue weighted by Crippen LogP contribution is -2.37. The van der Waals surface area contributed by atoms with Gasteiger partial charge in [0.1, 0.15) is 11.4 Å². The highest BCUT2D eigenvalue weighted by Crippen LogP contribution is 2.30. The molecule has 0 atom stereocenters. The van der Waals surface area contributed by atoms with Crippen molar-refractivity contribution in [3.05, 3.63) is 66.1 Å². The Morgan fingerprint density at radius 2 is 1.73 bits per heavy atom. The van der Waals surface area contributed by atoms with Crippen LogP contribution in [0.15, 0.2) is 48.9 Å². The van der Waals surface area contributed by atoms with Crippen LogP contribution in [0.2, 0.25) is 0 Å². The van der Waals surface area contributed by atoms with Gasteiger partial charge in [-0.25, -0.2) is 18.6 Å². The molecular formula is C30H33F5N6O4. The van der Waals surface area contributed by atoms with Crippen molar-refractivity contribution < 1.29 is 41.0 Å². The Morgan fingerprint density at radius 3 is 2.40 bits per heavy atom. The molecule has 0 radical (unpaired) electrons. The van der Waals surface area contributed by atoms with Gasteiger partial charge in [0.25, 0.3) is 0 Å². The number of nitrogens with zero attached hydrogens (tertiary/aromatic N) is 4. The Hall–Kier alpha value is -4.53. The number of hydrogen-bond donors (Lipinski definition) is 2. The van der Waals surface area contributed by atoms with Crippen molar-refractivity contribution in [1.29, 1.82) is 0 Å². The molecule has 10 nitrogen and oxygen atoms in total. The molecule has 0 aliphatic carbocycles. The minimum atomic E-state index is -5.27. The van der Waals surface area contributed by atoms with Gasteiger partial charge in [0, 0.05) is 44.2 Å². The van der Waals surface area contributed by atoms with Gasteiger partial charge < -0.3 is 24.4 Å². The van der Waals surface area contributed by atoms with Crippen molar-refractivity contribution in [3.63, 3.8) is 0 Å². The van der Waals surface area contributed by atoms with Crippen LogP contribution in [-0.4, -0.2) is 69.4 Å². The fraction of sp³-hybridized carbons (Fsp3) is 0.400. The highest BCUT2D eigenvalue weighted by molar-refractivity contribution is 5.91. The van der Waals surface area contributed by atoms with E-state index in [2.05, 4.69) is 25.2 Å². The topological polar surface area (TPSA) is 114 Å². The van der Waals surface area contributed by atoms with Crippen LogP contribution in [0.4, 0.5) is 32.6 Å². The lowest BCUT2D eigenvalue weighted by atomic mass is 10.1. The van der Waals surface area contributed by atoms with E-state index in [0.29, 0.717) is 50.6 Å². The molecule has 1 amide bonds. The number of fused-ring (bicyclic) bond motifs is 1. The highest BCUT2D eigenvalue weighted by Gasteiger charge is 2.34. The number of carbonyl (C=O) groups excluding carboxylic acids is 1. The van der Waals surface area contributed by atoms with Crippen molar-refractivity contribution in [2.45, 2.75) is 52.1 Å². The Bertz CT molecular complexity index is 1550. The van der Waals surface area contributed by atoms with Crippen LogP contribution in [-0.2, 0) is 16.0 Å². The first-order valence-electron chi connectivity index (χ1n) is 14.1. The molecule has 2 N–H and O–H groups in total. The zero-order chi connectivity index (χ0) is 32.6. The second kappa shape index (κ2) is 14.5. The maximum atomic E-state index is 14.3. The third kappa shape index (κ3) is 9.99. The number of benzene rings is 1. The molecule has 45 heavy (non-hydrogen) atoms. The summed E-state index contributed by atoms with van der Waals surface area (Å²) in [6.07, 6.45) is 0.0621. The number of aromatic nitrogens is 4. The molecule has 4 aromatic rings. The Balaban J connectivity index is 1.28. The molecule has 0 bridgehead atoms. The number of unbranched alkanes of at least 4 members (excludes halogenated alkanes) is 1. The number of nitrogens with one attached hydrogen (secondary N) is 2. The van der Waals surface area contributed by atoms with Crippen LogP contribution in [0.3, 0.4) is 0 Å². The van der Waals surface area contributed by atoms with Gasteiger partial charge in [0.2, 0.25) is 5.75 Å². The highest BCUT2D eigenvalue weighted by atomic mass is 19.4. The van der Waals surface area contributed by atoms with Crippen molar-refractivity contribution in [2.75, 3.05) is 31.6 Å². The Morgan fingerprint density at radius 1 is 1.02 bits per heavy atom. The molecule has 0 aliphatic heterocycles. The molecule has 3 heterocycles. The SMILES string of the molecule is CC(C)(C)OC(=O)N(CCCCOCCNc1nc(-c2ccncc2)cc2[nH]ncc12)Cc1cc(F)c(OC(F)(F)F)c(F)c1. The summed E-state index contributed by atoms with van der Waals surface area (Å²) in [5.74, 6) is -3.99. The number of rotatable bonds is 13. The summed E-state index contributed by atoms with van der Waals surface area (Å²) in [5.41, 5.74) is 1.57. The number of alkyl halides is 3. The van der Waals surface area contributed by atoms with Crippen molar-refractivity contribution in [2.24, 2.45) is 0 Å². The summed E-state index contributed by atoms with van der Waals surface area (Å²) < 4.78 is 80.6. The number of pyridine rings is 2. The summed E-state index contributed by atoms with van der Waals surface area (Å²) in [5, 5.41) is 11.2. The standard InChI is InChI=1S/C30H33F5N6O4/c1-29(2,3)45-28(42)41(18-19-14-22(31)26(23(32)15-19)44-30(33,34)35)11-4-5-12-43-13-10-37-27-21-17-38-40-25(21)16-24(39-27)20-6-8-36-9-7-20/h6-9,14-17H,4-5,10-13,18H2,1-3H3,(H,37,39)(H,38,40). The largest absolute Gasteiger partial charge is 0.573 e. The summed E-state index contributed by atoms with van der Waals surface area (Å²) >= 11 is 0. The quantitative estimate of drug-likeness (QED) is 0.121. The van der Waals surface area contributed by atoms with Crippen molar-refractivity contribution in [1.82, 2.24) is 25.1 Å². The van der Waals surface area contributed by atoms with Crippen molar-refractivity contribution >= 4 is 22.8 Å². The number of aromatic amines is 1. The molecule has 0 fully saturated rings. The Kier molecular flexibility index (Phi) is 10.8. The van der Waals surface area contributed by atoms with Crippen LogP contribution in [0.25, 0.3) is 22.2 Å². The van der Waals surface area contributed by atoms with Crippen LogP contribution in [0.5, 0.6) is 5.75 Å².